The minimum atomic E-state index is -0.162. The Morgan fingerprint density at radius 1 is 1.39 bits per heavy atom. The van der Waals surface area contributed by atoms with Gasteiger partial charge >= 0.3 is 0 Å². The molecule has 0 radical (unpaired) electrons. The molecule has 2 amide bonds. The van der Waals surface area contributed by atoms with Crippen LogP contribution in [0.25, 0.3) is 0 Å². The van der Waals surface area contributed by atoms with Gasteiger partial charge in [-0.3, -0.25) is 9.59 Å². The fourth-order valence-electron chi connectivity index (χ4n) is 2.76. The number of hydrogen-bond acceptors (Lipinski definition) is 3. The van der Waals surface area contributed by atoms with Crippen LogP contribution in [0.1, 0.15) is 28.8 Å². The van der Waals surface area contributed by atoms with Crippen LogP contribution in [-0.4, -0.2) is 42.9 Å². The number of carbonyl (C=O) groups excluding carboxylic acids is 2. The van der Waals surface area contributed by atoms with E-state index in [0.29, 0.717) is 36.8 Å². The molecule has 3 N–H and O–H groups in total. The number of aryl methyl sites for hydroxylation is 1. The van der Waals surface area contributed by atoms with E-state index in [2.05, 4.69) is 5.32 Å². The standard InChI is InChI=1S/C16H22ClN3O2.ClH/c1-11-7-13(9-14(17)8-11)16(22)20-6-2-3-12(10-20)15(21)19-5-4-18;/h7-9,12H,2-6,10,18H2,1H3,(H,19,21);1H. The molecule has 1 atom stereocenters. The highest BCUT2D eigenvalue weighted by Crippen LogP contribution is 2.21. The summed E-state index contributed by atoms with van der Waals surface area (Å²) in [5, 5.41) is 3.35. The van der Waals surface area contributed by atoms with Crippen LogP contribution in [0.3, 0.4) is 0 Å². The van der Waals surface area contributed by atoms with Gasteiger partial charge in [-0.1, -0.05) is 11.6 Å². The van der Waals surface area contributed by atoms with Gasteiger partial charge in [0.1, 0.15) is 0 Å². The molecule has 0 saturated carbocycles. The van der Waals surface area contributed by atoms with Crippen molar-refractivity contribution in [1.29, 1.82) is 0 Å². The highest BCUT2D eigenvalue weighted by atomic mass is 35.5. The Morgan fingerprint density at radius 2 is 2.13 bits per heavy atom. The van der Waals surface area contributed by atoms with Crippen molar-refractivity contribution in [3.05, 3.63) is 34.3 Å². The first kappa shape index (κ1) is 19.7. The van der Waals surface area contributed by atoms with Crippen molar-refractivity contribution in [3.8, 4) is 0 Å². The lowest BCUT2D eigenvalue weighted by molar-refractivity contribution is -0.126. The molecule has 1 aliphatic rings. The van der Waals surface area contributed by atoms with E-state index in [1.165, 1.54) is 0 Å². The summed E-state index contributed by atoms with van der Waals surface area (Å²) in [6, 6.07) is 5.32. The predicted octanol–water partition coefficient (Wildman–Crippen LogP) is 2.00. The lowest BCUT2D eigenvalue weighted by Gasteiger charge is -2.32. The first-order chi connectivity index (χ1) is 10.5. The van der Waals surface area contributed by atoms with Crippen molar-refractivity contribution >= 4 is 35.8 Å². The second-order valence-corrected chi connectivity index (χ2v) is 6.12. The molecule has 128 valence electrons. The van der Waals surface area contributed by atoms with Crippen LogP contribution in [0.15, 0.2) is 18.2 Å². The van der Waals surface area contributed by atoms with E-state index in [9.17, 15) is 9.59 Å². The van der Waals surface area contributed by atoms with Gasteiger partial charge in [0.05, 0.1) is 5.92 Å². The van der Waals surface area contributed by atoms with Gasteiger partial charge in [0.15, 0.2) is 0 Å². The number of nitrogens with two attached hydrogens (primary N) is 1. The Hall–Kier alpha value is -1.30. The van der Waals surface area contributed by atoms with Crippen molar-refractivity contribution < 1.29 is 9.59 Å². The number of halogens is 2. The normalized spacial score (nSPS) is 17.3. The fraction of sp³-hybridized carbons (Fsp3) is 0.500. The van der Waals surface area contributed by atoms with Crippen LogP contribution >= 0.6 is 24.0 Å². The monoisotopic (exact) mass is 359 g/mol. The van der Waals surface area contributed by atoms with Crippen molar-refractivity contribution in [2.24, 2.45) is 11.7 Å². The quantitative estimate of drug-likeness (QED) is 0.862. The summed E-state index contributed by atoms with van der Waals surface area (Å²) in [6.07, 6.45) is 1.63. The summed E-state index contributed by atoms with van der Waals surface area (Å²) in [4.78, 5) is 26.4. The number of nitrogens with one attached hydrogen (secondary N) is 1. The molecule has 0 spiro atoms. The average molecular weight is 360 g/mol. The minimum absolute atomic E-state index is 0. The molecule has 1 aliphatic heterocycles. The highest BCUT2D eigenvalue weighted by Gasteiger charge is 2.28. The van der Waals surface area contributed by atoms with Gasteiger partial charge in [-0.2, -0.15) is 0 Å². The average Bonchev–Trinajstić information content (AvgIpc) is 2.51. The van der Waals surface area contributed by atoms with Gasteiger partial charge in [0.25, 0.3) is 5.91 Å². The second kappa shape index (κ2) is 9.11. The minimum Gasteiger partial charge on any atom is -0.355 e. The maximum Gasteiger partial charge on any atom is 0.253 e. The zero-order valence-corrected chi connectivity index (χ0v) is 14.8. The molecule has 1 aromatic carbocycles. The maximum atomic E-state index is 12.6. The third-order valence-electron chi connectivity index (χ3n) is 3.81. The van der Waals surface area contributed by atoms with Crippen LogP contribution in [-0.2, 0) is 4.79 Å². The molecule has 2 rings (SSSR count). The summed E-state index contributed by atoms with van der Waals surface area (Å²) < 4.78 is 0. The largest absolute Gasteiger partial charge is 0.355 e. The zero-order valence-electron chi connectivity index (χ0n) is 13.2. The molecule has 1 unspecified atom stereocenters. The van der Waals surface area contributed by atoms with Crippen LogP contribution in [0.4, 0.5) is 0 Å². The summed E-state index contributed by atoms with van der Waals surface area (Å²) >= 11 is 6.02. The van der Waals surface area contributed by atoms with E-state index >= 15 is 0 Å². The smallest absolute Gasteiger partial charge is 0.253 e. The molecule has 1 heterocycles. The van der Waals surface area contributed by atoms with E-state index in [-0.39, 0.29) is 30.1 Å². The molecule has 23 heavy (non-hydrogen) atoms. The maximum absolute atomic E-state index is 12.6. The van der Waals surface area contributed by atoms with Crippen molar-refractivity contribution in [3.63, 3.8) is 0 Å². The summed E-state index contributed by atoms with van der Waals surface area (Å²) in [7, 11) is 0. The molecular weight excluding hydrogens is 337 g/mol. The molecular formula is C16H23Cl2N3O2. The van der Waals surface area contributed by atoms with E-state index in [1.54, 1.807) is 11.0 Å². The van der Waals surface area contributed by atoms with Crippen molar-refractivity contribution in [2.75, 3.05) is 26.2 Å². The number of amides is 2. The first-order valence-electron chi connectivity index (χ1n) is 7.55. The Morgan fingerprint density at radius 3 is 2.78 bits per heavy atom. The van der Waals surface area contributed by atoms with E-state index in [4.69, 9.17) is 17.3 Å². The van der Waals surface area contributed by atoms with Crippen LogP contribution < -0.4 is 11.1 Å². The molecule has 1 aromatic rings. The van der Waals surface area contributed by atoms with Crippen molar-refractivity contribution in [1.82, 2.24) is 10.2 Å². The summed E-state index contributed by atoms with van der Waals surface area (Å²) in [5.41, 5.74) is 6.92. The molecule has 0 aliphatic carbocycles. The molecule has 0 aromatic heterocycles. The zero-order chi connectivity index (χ0) is 16.1. The summed E-state index contributed by atoms with van der Waals surface area (Å²) in [5.74, 6) is -0.253. The fourth-order valence-corrected chi connectivity index (χ4v) is 3.05. The Labute approximate surface area is 148 Å². The summed E-state index contributed by atoms with van der Waals surface area (Å²) in [6.45, 7) is 3.91. The first-order valence-corrected chi connectivity index (χ1v) is 7.93. The molecule has 0 bridgehead atoms. The van der Waals surface area contributed by atoms with Gasteiger partial charge in [0.2, 0.25) is 5.91 Å². The Balaban J connectivity index is 0.00000264. The van der Waals surface area contributed by atoms with Crippen LogP contribution in [0.5, 0.6) is 0 Å². The molecule has 1 saturated heterocycles. The molecule has 1 fully saturated rings. The lowest BCUT2D eigenvalue weighted by atomic mass is 9.96. The third kappa shape index (κ3) is 5.37. The number of benzene rings is 1. The number of hydrogen-bond donors (Lipinski definition) is 2. The number of carbonyl (C=O) groups is 2. The van der Waals surface area contributed by atoms with Crippen molar-refractivity contribution in [2.45, 2.75) is 19.8 Å². The number of rotatable bonds is 4. The number of nitrogens with zero attached hydrogens (tertiary/aromatic N) is 1. The van der Waals surface area contributed by atoms with Crippen LogP contribution in [0, 0.1) is 12.8 Å². The molecule has 7 heteroatoms. The van der Waals surface area contributed by atoms with Gasteiger partial charge < -0.3 is 16.0 Å². The van der Waals surface area contributed by atoms with E-state index < -0.39 is 0 Å². The lowest BCUT2D eigenvalue weighted by Crippen LogP contribution is -2.46. The van der Waals surface area contributed by atoms with Gasteiger partial charge in [-0.15, -0.1) is 12.4 Å². The van der Waals surface area contributed by atoms with Gasteiger partial charge in [0, 0.05) is 36.8 Å². The topological polar surface area (TPSA) is 75.4 Å². The Kier molecular flexibility index (Phi) is 7.82. The van der Waals surface area contributed by atoms with Crippen LogP contribution in [0.2, 0.25) is 5.02 Å². The van der Waals surface area contributed by atoms with E-state index in [0.717, 1.165) is 18.4 Å². The third-order valence-corrected chi connectivity index (χ3v) is 4.03. The highest BCUT2D eigenvalue weighted by molar-refractivity contribution is 6.31. The second-order valence-electron chi connectivity index (χ2n) is 5.69. The Bertz CT molecular complexity index is 546. The van der Waals surface area contributed by atoms with Gasteiger partial charge in [-0.25, -0.2) is 0 Å². The SMILES string of the molecule is Cc1cc(Cl)cc(C(=O)N2CCCC(C(=O)NCCN)C2)c1.Cl. The number of piperidine rings is 1. The number of likely N-dealkylation sites (tertiary alicyclic amines) is 1. The predicted molar refractivity (Wildman–Crippen MR) is 94.1 cm³/mol. The van der Waals surface area contributed by atoms with E-state index in [1.807, 2.05) is 19.1 Å². The molecule has 5 nitrogen and oxygen atoms in total. The van der Waals surface area contributed by atoms with Gasteiger partial charge in [-0.05, 0) is 43.5 Å².